The van der Waals surface area contributed by atoms with Gasteiger partial charge in [0.15, 0.2) is 5.60 Å². The number of oxime groups is 1. The summed E-state index contributed by atoms with van der Waals surface area (Å²) in [5.74, 6) is -0.207. The van der Waals surface area contributed by atoms with Crippen molar-refractivity contribution in [3.63, 3.8) is 0 Å². The number of rotatable bonds is 2. The Morgan fingerprint density at radius 1 is 1.32 bits per heavy atom. The van der Waals surface area contributed by atoms with Crippen LogP contribution >= 0.6 is 0 Å². The van der Waals surface area contributed by atoms with Gasteiger partial charge in [0.1, 0.15) is 11.5 Å². The first kappa shape index (κ1) is 15.0. The third-order valence-electron chi connectivity index (χ3n) is 3.82. The summed E-state index contributed by atoms with van der Waals surface area (Å²) in [7, 11) is 0. The van der Waals surface area contributed by atoms with E-state index < -0.39 is 23.8 Å². The maximum Gasteiger partial charge on any atom is 0.419 e. The van der Waals surface area contributed by atoms with Crippen LogP contribution in [0.15, 0.2) is 23.5 Å². The third-order valence-corrected chi connectivity index (χ3v) is 3.82. The Bertz CT molecular complexity index is 604. The molecule has 22 heavy (non-hydrogen) atoms. The highest BCUT2D eigenvalue weighted by Gasteiger charge is 2.48. The van der Waals surface area contributed by atoms with Gasteiger partial charge in [-0.3, -0.25) is 0 Å². The highest BCUT2D eigenvalue weighted by atomic mass is 19.4. The van der Waals surface area contributed by atoms with Crippen molar-refractivity contribution in [1.29, 1.82) is 0 Å². The lowest BCUT2D eigenvalue weighted by Crippen LogP contribution is -2.35. The van der Waals surface area contributed by atoms with Gasteiger partial charge in [0, 0.05) is 25.6 Å². The van der Waals surface area contributed by atoms with E-state index in [9.17, 15) is 22.0 Å². The summed E-state index contributed by atoms with van der Waals surface area (Å²) in [4.78, 5) is 10.3. The molecule has 3 rings (SSSR count). The number of anilines is 1. The monoisotopic (exact) mass is 321 g/mol. The van der Waals surface area contributed by atoms with Gasteiger partial charge >= 0.3 is 6.18 Å². The van der Waals surface area contributed by atoms with Crippen molar-refractivity contribution in [1.82, 2.24) is 4.98 Å². The van der Waals surface area contributed by atoms with E-state index in [0.29, 0.717) is 6.42 Å². The van der Waals surface area contributed by atoms with Crippen molar-refractivity contribution >= 4 is 11.5 Å². The summed E-state index contributed by atoms with van der Waals surface area (Å²) in [6.45, 7) is 0.291. The van der Waals surface area contributed by atoms with Crippen LogP contribution in [0.2, 0.25) is 0 Å². The van der Waals surface area contributed by atoms with E-state index in [-0.39, 0.29) is 31.0 Å². The molecule has 0 saturated carbocycles. The average molecular weight is 321 g/mol. The number of aromatic nitrogens is 1. The lowest BCUT2D eigenvalue weighted by Gasteiger charge is -2.24. The molecule has 1 fully saturated rings. The maximum absolute atomic E-state index is 13.0. The van der Waals surface area contributed by atoms with Gasteiger partial charge in [0.25, 0.3) is 6.43 Å². The Hall–Kier alpha value is -1.93. The normalized spacial score (nSPS) is 25.0. The quantitative estimate of drug-likeness (QED) is 0.786. The molecule has 0 bridgehead atoms. The molecule has 0 N–H and O–H groups in total. The molecular weight excluding hydrogens is 309 g/mol. The molecule has 2 aliphatic heterocycles. The summed E-state index contributed by atoms with van der Waals surface area (Å²) >= 11 is 0. The second kappa shape index (κ2) is 5.06. The van der Waals surface area contributed by atoms with Gasteiger partial charge in [-0.15, -0.1) is 0 Å². The minimum absolute atomic E-state index is 0.0484. The summed E-state index contributed by atoms with van der Waals surface area (Å²) in [5.41, 5.74) is -2.19. The molecule has 1 aromatic heterocycles. The molecule has 120 valence electrons. The first-order valence-corrected chi connectivity index (χ1v) is 6.61. The predicted molar refractivity (Wildman–Crippen MR) is 67.9 cm³/mol. The van der Waals surface area contributed by atoms with Crippen molar-refractivity contribution in [2.75, 3.05) is 18.0 Å². The van der Waals surface area contributed by atoms with Crippen molar-refractivity contribution in [3.8, 4) is 0 Å². The fourth-order valence-electron chi connectivity index (χ4n) is 2.78. The van der Waals surface area contributed by atoms with E-state index in [1.807, 2.05) is 0 Å². The van der Waals surface area contributed by atoms with E-state index in [1.165, 1.54) is 17.2 Å². The second-order valence-corrected chi connectivity index (χ2v) is 5.38. The van der Waals surface area contributed by atoms with E-state index in [4.69, 9.17) is 4.84 Å². The van der Waals surface area contributed by atoms with Crippen LogP contribution < -0.4 is 4.90 Å². The van der Waals surface area contributed by atoms with Gasteiger partial charge in [-0.05, 0) is 12.1 Å². The van der Waals surface area contributed by atoms with Gasteiger partial charge in [-0.2, -0.15) is 13.2 Å². The van der Waals surface area contributed by atoms with Crippen LogP contribution in [0.4, 0.5) is 27.8 Å². The third kappa shape index (κ3) is 2.59. The molecule has 1 aromatic rings. The highest BCUT2D eigenvalue weighted by molar-refractivity contribution is 5.89. The van der Waals surface area contributed by atoms with Crippen LogP contribution in [0.5, 0.6) is 0 Å². The zero-order valence-corrected chi connectivity index (χ0v) is 11.3. The van der Waals surface area contributed by atoms with Crippen molar-refractivity contribution in [2.45, 2.75) is 31.0 Å². The Morgan fingerprint density at radius 3 is 2.73 bits per heavy atom. The lowest BCUT2D eigenvalue weighted by atomic mass is 9.97. The van der Waals surface area contributed by atoms with E-state index in [0.717, 1.165) is 6.07 Å². The maximum atomic E-state index is 13.0. The fourth-order valence-corrected chi connectivity index (χ4v) is 2.78. The van der Waals surface area contributed by atoms with Crippen LogP contribution in [0.1, 0.15) is 18.4 Å². The van der Waals surface area contributed by atoms with Crippen LogP contribution in [0.3, 0.4) is 0 Å². The molecule has 1 spiro atoms. The van der Waals surface area contributed by atoms with Gasteiger partial charge in [-0.25, -0.2) is 13.8 Å². The average Bonchev–Trinajstić information content (AvgIpc) is 3.06. The smallest absolute Gasteiger partial charge is 0.387 e. The molecule has 4 nitrogen and oxygen atoms in total. The molecule has 0 aliphatic carbocycles. The zero-order chi connectivity index (χ0) is 16.0. The standard InChI is InChI=1S/C13H12F5N3O/c14-10(15)9-6-12(22-20-9)3-5-21(7-12)11-8(13(16,17)18)2-1-4-19-11/h1-2,4,10H,3,5-7H2. The van der Waals surface area contributed by atoms with E-state index >= 15 is 0 Å². The Morgan fingerprint density at radius 2 is 2.09 bits per heavy atom. The second-order valence-electron chi connectivity index (χ2n) is 5.38. The Labute approximate surface area is 122 Å². The molecule has 0 radical (unpaired) electrons. The molecule has 0 aromatic carbocycles. The molecule has 1 atom stereocenters. The van der Waals surface area contributed by atoms with Crippen molar-refractivity contribution in [2.24, 2.45) is 5.16 Å². The van der Waals surface area contributed by atoms with E-state index in [1.54, 1.807) is 0 Å². The molecule has 3 heterocycles. The summed E-state index contributed by atoms with van der Waals surface area (Å²) in [6.07, 6.45) is -5.73. The van der Waals surface area contributed by atoms with Gasteiger partial charge in [0.2, 0.25) is 0 Å². The number of pyridine rings is 1. The van der Waals surface area contributed by atoms with Crippen LogP contribution in [0.25, 0.3) is 0 Å². The molecule has 2 aliphatic rings. The van der Waals surface area contributed by atoms with Crippen LogP contribution in [0, 0.1) is 0 Å². The van der Waals surface area contributed by atoms with E-state index in [2.05, 4.69) is 10.1 Å². The fraction of sp³-hybridized carbons (Fsp3) is 0.538. The topological polar surface area (TPSA) is 37.7 Å². The molecular formula is C13H12F5N3O. The summed E-state index contributed by atoms with van der Waals surface area (Å²) in [6, 6.07) is 2.16. The number of alkyl halides is 5. The van der Waals surface area contributed by atoms with Crippen molar-refractivity contribution in [3.05, 3.63) is 23.9 Å². The number of hydrogen-bond donors (Lipinski definition) is 0. The SMILES string of the molecule is FC(F)C1=NOC2(CCN(c3ncccc3C(F)(F)F)C2)C1. The number of halogens is 5. The molecule has 9 heteroatoms. The largest absolute Gasteiger partial charge is 0.419 e. The minimum Gasteiger partial charge on any atom is -0.387 e. The number of nitrogens with zero attached hydrogens (tertiary/aromatic N) is 3. The Balaban J connectivity index is 1.80. The highest BCUT2D eigenvalue weighted by Crippen LogP contribution is 2.40. The molecule has 1 saturated heterocycles. The van der Waals surface area contributed by atoms with Crippen molar-refractivity contribution < 1.29 is 26.8 Å². The molecule has 0 amide bonds. The van der Waals surface area contributed by atoms with Crippen LogP contribution in [-0.4, -0.2) is 35.8 Å². The number of hydrogen-bond acceptors (Lipinski definition) is 4. The summed E-state index contributed by atoms with van der Waals surface area (Å²) in [5, 5.41) is 3.37. The summed E-state index contributed by atoms with van der Waals surface area (Å²) < 4.78 is 64.3. The zero-order valence-electron chi connectivity index (χ0n) is 11.3. The molecule has 1 unspecified atom stereocenters. The van der Waals surface area contributed by atoms with Crippen LogP contribution in [-0.2, 0) is 11.0 Å². The first-order chi connectivity index (χ1) is 10.3. The van der Waals surface area contributed by atoms with Gasteiger partial charge < -0.3 is 9.74 Å². The lowest BCUT2D eigenvalue weighted by molar-refractivity contribution is -0.137. The minimum atomic E-state index is -4.53. The Kier molecular flexibility index (Phi) is 3.45. The van der Waals surface area contributed by atoms with Gasteiger partial charge in [-0.1, -0.05) is 5.16 Å². The first-order valence-electron chi connectivity index (χ1n) is 6.61. The van der Waals surface area contributed by atoms with Gasteiger partial charge in [0.05, 0.1) is 12.1 Å². The predicted octanol–water partition coefficient (Wildman–Crippen LogP) is 3.09.